The second-order valence-electron chi connectivity index (χ2n) is 6.49. The van der Waals surface area contributed by atoms with Crippen LogP contribution in [-0.4, -0.2) is 32.6 Å². The van der Waals surface area contributed by atoms with Crippen LogP contribution in [0.5, 0.6) is 0 Å². The van der Waals surface area contributed by atoms with E-state index < -0.39 is 6.10 Å². The van der Waals surface area contributed by atoms with Crippen molar-refractivity contribution in [3.05, 3.63) is 82.7 Å². The van der Waals surface area contributed by atoms with Gasteiger partial charge in [0.15, 0.2) is 5.69 Å². The zero-order valence-corrected chi connectivity index (χ0v) is 15.6. The molecule has 1 aromatic heterocycles. The molecule has 0 aliphatic heterocycles. The van der Waals surface area contributed by atoms with Crippen LogP contribution in [0.1, 0.15) is 45.9 Å². The van der Waals surface area contributed by atoms with Gasteiger partial charge in [-0.25, -0.2) is 4.68 Å². The van der Waals surface area contributed by atoms with Gasteiger partial charge in [0.25, 0.3) is 5.91 Å². The fraction of sp³-hybridized carbons (Fsp3) is 0.286. The van der Waals surface area contributed by atoms with Crippen molar-refractivity contribution >= 4 is 5.91 Å². The molecule has 0 saturated heterocycles. The molecular formula is C21H24N4O2. The van der Waals surface area contributed by atoms with Gasteiger partial charge in [0.2, 0.25) is 0 Å². The van der Waals surface area contributed by atoms with Gasteiger partial charge < -0.3 is 10.4 Å². The number of amides is 1. The Hall–Kier alpha value is -2.99. The van der Waals surface area contributed by atoms with E-state index in [1.54, 1.807) is 4.68 Å². The fourth-order valence-corrected chi connectivity index (χ4v) is 2.84. The minimum absolute atomic E-state index is 0.119. The molecule has 1 atom stereocenters. The smallest absolute Gasteiger partial charge is 0.273 e. The molecule has 0 spiro atoms. The number of aliphatic hydroxyl groups excluding tert-OH is 1. The average Bonchev–Trinajstić information content (AvgIpc) is 3.07. The SMILES string of the molecule is CCc1ccc(Cn2nnc(C(=O)NCC(O)c3ccccc3)c2C)cc1. The van der Waals surface area contributed by atoms with Crippen molar-refractivity contribution < 1.29 is 9.90 Å². The van der Waals surface area contributed by atoms with Crippen molar-refractivity contribution in [2.75, 3.05) is 6.54 Å². The van der Waals surface area contributed by atoms with Crippen molar-refractivity contribution in [3.63, 3.8) is 0 Å². The molecule has 0 radical (unpaired) electrons. The second kappa shape index (κ2) is 8.60. The molecule has 1 heterocycles. The number of aromatic nitrogens is 3. The van der Waals surface area contributed by atoms with Gasteiger partial charge in [-0.1, -0.05) is 66.7 Å². The second-order valence-corrected chi connectivity index (χ2v) is 6.49. The Morgan fingerprint density at radius 2 is 1.78 bits per heavy atom. The van der Waals surface area contributed by atoms with E-state index in [2.05, 4.69) is 46.8 Å². The molecule has 0 saturated carbocycles. The first-order chi connectivity index (χ1) is 13.1. The monoisotopic (exact) mass is 364 g/mol. The van der Waals surface area contributed by atoms with Gasteiger partial charge in [-0.3, -0.25) is 4.79 Å². The van der Waals surface area contributed by atoms with Crippen molar-refractivity contribution in [1.82, 2.24) is 20.3 Å². The van der Waals surface area contributed by atoms with Gasteiger partial charge in [-0.15, -0.1) is 5.10 Å². The highest BCUT2D eigenvalue weighted by Gasteiger charge is 2.18. The van der Waals surface area contributed by atoms with E-state index in [0.29, 0.717) is 12.2 Å². The average molecular weight is 364 g/mol. The molecule has 3 rings (SSSR count). The summed E-state index contributed by atoms with van der Waals surface area (Å²) in [7, 11) is 0. The molecule has 0 fully saturated rings. The summed E-state index contributed by atoms with van der Waals surface area (Å²) >= 11 is 0. The largest absolute Gasteiger partial charge is 0.387 e. The van der Waals surface area contributed by atoms with E-state index in [-0.39, 0.29) is 18.1 Å². The highest BCUT2D eigenvalue weighted by molar-refractivity contribution is 5.93. The highest BCUT2D eigenvalue weighted by atomic mass is 16.3. The molecule has 1 unspecified atom stereocenters. The number of nitrogens with zero attached hydrogens (tertiary/aromatic N) is 3. The van der Waals surface area contributed by atoms with Gasteiger partial charge in [0.05, 0.1) is 18.3 Å². The molecule has 0 aliphatic rings. The number of carbonyl (C=O) groups is 1. The molecule has 0 bridgehead atoms. The van der Waals surface area contributed by atoms with Crippen LogP contribution < -0.4 is 5.32 Å². The van der Waals surface area contributed by atoms with E-state index in [1.807, 2.05) is 37.3 Å². The number of hydrogen-bond acceptors (Lipinski definition) is 4. The summed E-state index contributed by atoms with van der Waals surface area (Å²) in [5.74, 6) is -0.338. The maximum absolute atomic E-state index is 12.4. The number of rotatable bonds is 7. The van der Waals surface area contributed by atoms with Gasteiger partial charge in [-0.2, -0.15) is 0 Å². The summed E-state index contributed by atoms with van der Waals surface area (Å²) in [6.45, 7) is 4.62. The highest BCUT2D eigenvalue weighted by Crippen LogP contribution is 2.12. The Labute approximate surface area is 158 Å². The van der Waals surface area contributed by atoms with Crippen LogP contribution in [0, 0.1) is 6.92 Å². The first-order valence-corrected chi connectivity index (χ1v) is 9.07. The van der Waals surface area contributed by atoms with Crippen LogP contribution in [0.25, 0.3) is 0 Å². The Balaban J connectivity index is 1.62. The van der Waals surface area contributed by atoms with Gasteiger partial charge in [0, 0.05) is 6.54 Å². The molecule has 0 aliphatic carbocycles. The lowest BCUT2D eigenvalue weighted by molar-refractivity contribution is 0.0910. The van der Waals surface area contributed by atoms with Gasteiger partial charge >= 0.3 is 0 Å². The first kappa shape index (κ1) is 18.8. The van der Waals surface area contributed by atoms with Crippen LogP contribution in [0.3, 0.4) is 0 Å². The summed E-state index contributed by atoms with van der Waals surface area (Å²) in [4.78, 5) is 12.4. The number of aryl methyl sites for hydroxylation is 1. The van der Waals surface area contributed by atoms with Crippen LogP contribution in [-0.2, 0) is 13.0 Å². The molecule has 6 nitrogen and oxygen atoms in total. The number of aliphatic hydroxyl groups is 1. The van der Waals surface area contributed by atoms with E-state index in [0.717, 1.165) is 17.5 Å². The van der Waals surface area contributed by atoms with E-state index in [4.69, 9.17) is 0 Å². The van der Waals surface area contributed by atoms with Crippen molar-refractivity contribution in [3.8, 4) is 0 Å². The quantitative estimate of drug-likeness (QED) is 0.675. The van der Waals surface area contributed by atoms with Crippen molar-refractivity contribution in [2.45, 2.75) is 32.9 Å². The summed E-state index contributed by atoms with van der Waals surface area (Å²) in [6, 6.07) is 17.6. The van der Waals surface area contributed by atoms with Gasteiger partial charge in [0.1, 0.15) is 0 Å². The predicted molar refractivity (Wildman–Crippen MR) is 103 cm³/mol. The number of hydrogen-bond donors (Lipinski definition) is 2. The lowest BCUT2D eigenvalue weighted by Crippen LogP contribution is -2.29. The van der Waals surface area contributed by atoms with E-state index in [1.165, 1.54) is 5.56 Å². The zero-order chi connectivity index (χ0) is 19.2. The summed E-state index contributed by atoms with van der Waals surface area (Å²) in [6.07, 6.45) is 0.240. The number of benzene rings is 2. The number of nitrogens with one attached hydrogen (secondary N) is 1. The number of carbonyl (C=O) groups excluding carboxylic acids is 1. The van der Waals surface area contributed by atoms with Crippen molar-refractivity contribution in [1.29, 1.82) is 0 Å². The molecule has 27 heavy (non-hydrogen) atoms. The van der Waals surface area contributed by atoms with Crippen LogP contribution >= 0.6 is 0 Å². The maximum Gasteiger partial charge on any atom is 0.273 e. The summed E-state index contributed by atoms with van der Waals surface area (Å²) in [5, 5.41) is 21.0. The Bertz CT molecular complexity index is 888. The molecule has 6 heteroatoms. The van der Waals surface area contributed by atoms with Gasteiger partial charge in [-0.05, 0) is 30.0 Å². The normalized spacial score (nSPS) is 12.0. The third kappa shape index (κ3) is 4.60. The minimum atomic E-state index is -0.761. The third-order valence-electron chi connectivity index (χ3n) is 4.60. The molecule has 2 N–H and O–H groups in total. The molecule has 140 valence electrons. The fourth-order valence-electron chi connectivity index (χ4n) is 2.84. The maximum atomic E-state index is 12.4. The zero-order valence-electron chi connectivity index (χ0n) is 15.6. The topological polar surface area (TPSA) is 80.0 Å². The Kier molecular flexibility index (Phi) is 5.98. The van der Waals surface area contributed by atoms with Crippen LogP contribution in [0.4, 0.5) is 0 Å². The van der Waals surface area contributed by atoms with Crippen molar-refractivity contribution in [2.24, 2.45) is 0 Å². The third-order valence-corrected chi connectivity index (χ3v) is 4.60. The molecule has 2 aromatic carbocycles. The van der Waals surface area contributed by atoms with Crippen LogP contribution in [0.15, 0.2) is 54.6 Å². The Morgan fingerprint density at radius 1 is 1.11 bits per heavy atom. The summed E-state index contributed by atoms with van der Waals surface area (Å²) < 4.78 is 1.71. The summed E-state index contributed by atoms with van der Waals surface area (Å²) in [5.41, 5.74) is 4.12. The van der Waals surface area contributed by atoms with Crippen LogP contribution in [0.2, 0.25) is 0 Å². The minimum Gasteiger partial charge on any atom is -0.387 e. The molecule has 1 amide bonds. The first-order valence-electron chi connectivity index (χ1n) is 9.07. The lowest BCUT2D eigenvalue weighted by atomic mass is 10.1. The standard InChI is InChI=1S/C21H24N4O2/c1-3-16-9-11-17(12-10-16)14-25-15(2)20(23-24-25)21(27)22-13-19(26)18-7-5-4-6-8-18/h4-12,19,26H,3,13-14H2,1-2H3,(H,22,27). The van der Waals surface area contributed by atoms with E-state index >= 15 is 0 Å². The molecular weight excluding hydrogens is 340 g/mol. The Morgan fingerprint density at radius 3 is 2.44 bits per heavy atom. The predicted octanol–water partition coefficient (Wildman–Crippen LogP) is 2.66. The lowest BCUT2D eigenvalue weighted by Gasteiger charge is -2.11. The molecule has 3 aromatic rings. The van der Waals surface area contributed by atoms with E-state index in [9.17, 15) is 9.90 Å².